The van der Waals surface area contributed by atoms with Crippen LogP contribution in [0.3, 0.4) is 0 Å². The Labute approximate surface area is 179 Å². The molecule has 3 aromatic rings. The van der Waals surface area contributed by atoms with E-state index < -0.39 is 17.5 Å². The molecule has 1 atom stereocenters. The van der Waals surface area contributed by atoms with Gasteiger partial charge in [-0.3, -0.25) is 14.9 Å². The first-order chi connectivity index (χ1) is 14.9. The Bertz CT molecular complexity index is 1240. The molecule has 0 saturated carbocycles. The number of urea groups is 1. The van der Waals surface area contributed by atoms with E-state index in [0.29, 0.717) is 27.4 Å². The second-order valence-electron chi connectivity index (χ2n) is 7.36. The van der Waals surface area contributed by atoms with Gasteiger partial charge in [-0.15, -0.1) is 11.3 Å². The number of carbonyl (C=O) groups is 3. The monoisotopic (exact) mass is 438 g/mol. The van der Waals surface area contributed by atoms with Gasteiger partial charge >= 0.3 is 6.03 Å². The maximum atomic E-state index is 13.2. The molecule has 2 aliphatic rings. The van der Waals surface area contributed by atoms with Gasteiger partial charge in [0.2, 0.25) is 0 Å². The molecule has 10 heteroatoms. The number of rotatable bonds is 4. The molecule has 0 aliphatic carbocycles. The van der Waals surface area contributed by atoms with Crippen LogP contribution in [-0.2, 0) is 16.9 Å². The number of amides is 4. The van der Waals surface area contributed by atoms with Crippen LogP contribution in [0.2, 0.25) is 0 Å². The van der Waals surface area contributed by atoms with Crippen molar-refractivity contribution in [3.63, 3.8) is 0 Å². The maximum absolute atomic E-state index is 13.2. The number of phenolic OH excluding ortho intramolecular Hbond substituents is 1. The fraction of sp³-hybridized carbons (Fsp3) is 0.143. The van der Waals surface area contributed by atoms with Gasteiger partial charge in [-0.2, -0.15) is 0 Å². The molecule has 1 aromatic heterocycles. The van der Waals surface area contributed by atoms with Gasteiger partial charge in [-0.25, -0.2) is 14.2 Å². The van der Waals surface area contributed by atoms with Crippen LogP contribution in [0, 0.1) is 5.82 Å². The zero-order valence-corrected chi connectivity index (χ0v) is 16.7. The largest absolute Gasteiger partial charge is 0.508 e. The highest BCUT2D eigenvalue weighted by Crippen LogP contribution is 2.35. The number of fused-ring (bicyclic) bond motifs is 1. The lowest BCUT2D eigenvalue weighted by atomic mass is 10.00. The molecule has 0 spiro atoms. The van der Waals surface area contributed by atoms with Crippen molar-refractivity contribution >= 4 is 29.2 Å². The lowest BCUT2D eigenvalue weighted by Crippen LogP contribution is -2.52. The minimum atomic E-state index is -1.56. The van der Waals surface area contributed by atoms with E-state index in [2.05, 4.69) is 15.6 Å². The summed E-state index contributed by atoms with van der Waals surface area (Å²) in [7, 11) is 0. The molecule has 8 nitrogen and oxygen atoms in total. The summed E-state index contributed by atoms with van der Waals surface area (Å²) in [5.41, 5.74) is 0.692. The lowest BCUT2D eigenvalue weighted by molar-refractivity contribution is -0.124. The first-order valence-electron chi connectivity index (χ1n) is 9.32. The highest BCUT2D eigenvalue weighted by Gasteiger charge is 2.52. The molecule has 31 heavy (non-hydrogen) atoms. The predicted molar refractivity (Wildman–Crippen MR) is 109 cm³/mol. The molecule has 3 heterocycles. The van der Waals surface area contributed by atoms with Crippen LogP contribution in [0.25, 0.3) is 11.3 Å². The van der Waals surface area contributed by atoms with Crippen LogP contribution in [0.5, 0.6) is 5.75 Å². The van der Waals surface area contributed by atoms with Crippen molar-refractivity contribution in [1.29, 1.82) is 0 Å². The van der Waals surface area contributed by atoms with Crippen LogP contribution in [-0.4, -0.2) is 39.4 Å². The third kappa shape index (κ3) is 3.12. The van der Waals surface area contributed by atoms with Crippen molar-refractivity contribution < 1.29 is 23.9 Å². The standard InChI is InChI=1S/C21H15FN4O4S/c22-13-4-1-11(2-5-13)16-9-31-19(23-16)21(18(29)24-20(30)25-21)10-26-8-12-3-6-14(27)7-15(12)17(26)28/h1-7,9,27H,8,10H2,(H2,24,25,29,30)/t21-/m1/s1. The van der Waals surface area contributed by atoms with Gasteiger partial charge in [0.1, 0.15) is 16.6 Å². The number of hydrogen-bond acceptors (Lipinski definition) is 6. The quantitative estimate of drug-likeness (QED) is 0.542. The highest BCUT2D eigenvalue weighted by molar-refractivity contribution is 7.10. The summed E-state index contributed by atoms with van der Waals surface area (Å²) >= 11 is 1.16. The van der Waals surface area contributed by atoms with Crippen LogP contribution in [0.15, 0.2) is 47.8 Å². The molecule has 2 aliphatic heterocycles. The van der Waals surface area contributed by atoms with E-state index in [1.54, 1.807) is 23.6 Å². The Hall–Kier alpha value is -3.79. The molecule has 1 fully saturated rings. The summed E-state index contributed by atoms with van der Waals surface area (Å²) in [5.74, 6) is -1.37. The van der Waals surface area contributed by atoms with Crippen molar-refractivity contribution in [3.05, 3.63) is 69.8 Å². The Morgan fingerprint density at radius 1 is 1.16 bits per heavy atom. The van der Waals surface area contributed by atoms with E-state index in [1.165, 1.54) is 29.2 Å². The third-order valence-corrected chi connectivity index (χ3v) is 6.36. The SMILES string of the molecule is O=C1NC(=O)[C@](CN2Cc3ccc(O)cc3C2=O)(c2nc(-c3ccc(F)cc3)cs2)N1. The minimum absolute atomic E-state index is 0.0283. The summed E-state index contributed by atoms with van der Waals surface area (Å²) in [5, 5.41) is 16.6. The fourth-order valence-corrected chi connectivity index (χ4v) is 4.78. The molecular weight excluding hydrogens is 423 g/mol. The summed E-state index contributed by atoms with van der Waals surface area (Å²) in [4.78, 5) is 43.7. The first-order valence-corrected chi connectivity index (χ1v) is 10.2. The van der Waals surface area contributed by atoms with E-state index in [-0.39, 0.29) is 30.6 Å². The molecule has 1 saturated heterocycles. The number of benzene rings is 2. The Morgan fingerprint density at radius 3 is 2.65 bits per heavy atom. The van der Waals surface area contributed by atoms with Gasteiger partial charge in [0.15, 0.2) is 5.54 Å². The van der Waals surface area contributed by atoms with Crippen molar-refractivity contribution in [2.75, 3.05) is 6.54 Å². The van der Waals surface area contributed by atoms with E-state index >= 15 is 0 Å². The second kappa shape index (κ2) is 6.88. The number of nitrogens with zero attached hydrogens (tertiary/aromatic N) is 2. The van der Waals surface area contributed by atoms with Crippen molar-refractivity contribution in [3.8, 4) is 17.0 Å². The molecule has 4 amide bonds. The molecule has 3 N–H and O–H groups in total. The van der Waals surface area contributed by atoms with E-state index in [9.17, 15) is 23.9 Å². The highest BCUT2D eigenvalue weighted by atomic mass is 32.1. The van der Waals surface area contributed by atoms with Gasteiger partial charge in [-0.05, 0) is 42.0 Å². The van der Waals surface area contributed by atoms with Crippen molar-refractivity contribution in [1.82, 2.24) is 20.5 Å². The lowest BCUT2D eigenvalue weighted by Gasteiger charge is -2.29. The Kier molecular flexibility index (Phi) is 4.26. The van der Waals surface area contributed by atoms with Crippen LogP contribution >= 0.6 is 11.3 Å². The van der Waals surface area contributed by atoms with Gasteiger partial charge in [-0.1, -0.05) is 6.07 Å². The second-order valence-corrected chi connectivity index (χ2v) is 8.22. The van der Waals surface area contributed by atoms with E-state index in [1.807, 2.05) is 0 Å². The molecular formula is C21H15FN4O4S. The van der Waals surface area contributed by atoms with Gasteiger partial charge < -0.3 is 15.3 Å². The molecule has 5 rings (SSSR count). The average molecular weight is 438 g/mol. The number of carbonyl (C=O) groups excluding carboxylic acids is 3. The predicted octanol–water partition coefficient (Wildman–Crippen LogP) is 2.35. The Balaban J connectivity index is 1.50. The van der Waals surface area contributed by atoms with Gasteiger partial charge in [0.05, 0.1) is 12.2 Å². The number of thiazole rings is 1. The number of aromatic nitrogens is 1. The van der Waals surface area contributed by atoms with Crippen LogP contribution < -0.4 is 10.6 Å². The van der Waals surface area contributed by atoms with Gasteiger partial charge in [0.25, 0.3) is 11.8 Å². The molecule has 2 aromatic carbocycles. The van der Waals surface area contributed by atoms with Crippen LogP contribution in [0.1, 0.15) is 20.9 Å². The van der Waals surface area contributed by atoms with E-state index in [0.717, 1.165) is 11.3 Å². The summed E-state index contributed by atoms with van der Waals surface area (Å²) in [6.45, 7) is 0.102. The smallest absolute Gasteiger partial charge is 0.322 e. The normalized spacial score (nSPS) is 20.0. The van der Waals surface area contributed by atoms with Crippen LogP contribution in [0.4, 0.5) is 9.18 Å². The van der Waals surface area contributed by atoms with Crippen molar-refractivity contribution in [2.45, 2.75) is 12.1 Å². The third-order valence-electron chi connectivity index (χ3n) is 5.35. The number of imide groups is 1. The molecule has 0 unspecified atom stereocenters. The summed E-state index contributed by atoms with van der Waals surface area (Å²) < 4.78 is 13.2. The summed E-state index contributed by atoms with van der Waals surface area (Å²) in [6.07, 6.45) is 0. The zero-order chi connectivity index (χ0) is 21.8. The van der Waals surface area contributed by atoms with Gasteiger partial charge in [0, 0.05) is 23.1 Å². The fourth-order valence-electron chi connectivity index (χ4n) is 3.81. The van der Waals surface area contributed by atoms with E-state index in [4.69, 9.17) is 0 Å². The minimum Gasteiger partial charge on any atom is -0.508 e. The molecule has 156 valence electrons. The zero-order valence-electron chi connectivity index (χ0n) is 15.9. The number of halogens is 1. The Morgan fingerprint density at radius 2 is 1.94 bits per heavy atom. The molecule has 0 radical (unpaired) electrons. The maximum Gasteiger partial charge on any atom is 0.322 e. The topological polar surface area (TPSA) is 112 Å². The number of aromatic hydroxyl groups is 1. The summed E-state index contributed by atoms with van der Waals surface area (Å²) in [6, 6.07) is 9.61. The number of nitrogens with one attached hydrogen (secondary N) is 2. The number of phenols is 1. The number of hydrogen-bond donors (Lipinski definition) is 3. The first kappa shape index (κ1) is 19.2. The van der Waals surface area contributed by atoms with Crippen molar-refractivity contribution in [2.24, 2.45) is 0 Å². The molecule has 0 bridgehead atoms. The average Bonchev–Trinajstić information content (AvgIpc) is 3.41.